The lowest BCUT2D eigenvalue weighted by molar-refractivity contribution is 0.0954. The summed E-state index contributed by atoms with van der Waals surface area (Å²) in [6, 6.07) is 14.0. The molecule has 0 radical (unpaired) electrons. The van der Waals surface area contributed by atoms with E-state index in [2.05, 4.69) is 10.2 Å². The van der Waals surface area contributed by atoms with Crippen LogP contribution in [0.15, 0.2) is 42.5 Å². The lowest BCUT2D eigenvalue weighted by Crippen LogP contribution is -2.30. The minimum absolute atomic E-state index is 0.0443. The Balaban J connectivity index is 1.39. The van der Waals surface area contributed by atoms with Gasteiger partial charge >= 0.3 is 0 Å². The Kier molecular flexibility index (Phi) is 6.25. The molecule has 24 heavy (non-hydrogen) atoms. The van der Waals surface area contributed by atoms with Crippen LogP contribution in [-0.2, 0) is 0 Å². The van der Waals surface area contributed by atoms with Gasteiger partial charge in [-0.3, -0.25) is 4.79 Å². The predicted molar refractivity (Wildman–Crippen MR) is 100 cm³/mol. The molecule has 2 aromatic rings. The summed E-state index contributed by atoms with van der Waals surface area (Å²) in [5.41, 5.74) is 0.779. The van der Waals surface area contributed by atoms with Gasteiger partial charge in [-0.25, -0.2) is 0 Å². The molecule has 0 bridgehead atoms. The molecule has 0 aromatic heterocycles. The lowest BCUT2D eigenvalue weighted by atomic mass is 10.0. The number of hydrogen-bond acceptors (Lipinski definition) is 2. The average Bonchev–Trinajstić information content (AvgIpc) is 2.64. The lowest BCUT2D eigenvalue weighted by Gasteiger charge is -2.26. The number of hydrogen-bond donors (Lipinski definition) is 1. The van der Waals surface area contributed by atoms with Crippen molar-refractivity contribution in [2.75, 3.05) is 26.2 Å². The second kappa shape index (κ2) is 8.84. The van der Waals surface area contributed by atoms with E-state index in [4.69, 9.17) is 0 Å². The van der Waals surface area contributed by atoms with Crippen LogP contribution in [-0.4, -0.2) is 37.0 Å². The van der Waals surface area contributed by atoms with Crippen molar-refractivity contribution in [2.45, 2.75) is 38.5 Å². The summed E-state index contributed by atoms with van der Waals surface area (Å²) in [5, 5.41) is 5.22. The van der Waals surface area contributed by atoms with E-state index in [0.717, 1.165) is 29.3 Å². The highest BCUT2D eigenvalue weighted by Gasteiger charge is 2.10. The molecule has 1 heterocycles. The molecule has 1 aliphatic heterocycles. The smallest absolute Gasteiger partial charge is 0.251 e. The van der Waals surface area contributed by atoms with Crippen molar-refractivity contribution in [1.29, 1.82) is 0 Å². The van der Waals surface area contributed by atoms with Gasteiger partial charge < -0.3 is 10.2 Å². The molecule has 1 N–H and O–H groups in total. The van der Waals surface area contributed by atoms with Crippen LogP contribution in [0.4, 0.5) is 0 Å². The standard InChI is InChI=1S/C21H28N2O/c24-21(20-13-9-11-18-10-3-4-12-19(18)20)22-14-5-1-6-15-23-16-7-2-8-17-23/h3-4,9-13H,1-2,5-8,14-17H2,(H,22,24). The van der Waals surface area contributed by atoms with Gasteiger partial charge in [0, 0.05) is 12.1 Å². The van der Waals surface area contributed by atoms with Crippen molar-refractivity contribution < 1.29 is 4.79 Å². The van der Waals surface area contributed by atoms with Crippen LogP contribution in [0.5, 0.6) is 0 Å². The number of rotatable bonds is 7. The van der Waals surface area contributed by atoms with E-state index in [1.165, 1.54) is 51.7 Å². The van der Waals surface area contributed by atoms with Gasteiger partial charge in [0.05, 0.1) is 0 Å². The number of nitrogens with one attached hydrogen (secondary N) is 1. The first-order chi connectivity index (χ1) is 11.8. The largest absolute Gasteiger partial charge is 0.352 e. The summed E-state index contributed by atoms with van der Waals surface area (Å²) in [5.74, 6) is 0.0443. The Labute approximate surface area is 145 Å². The molecule has 0 spiro atoms. The highest BCUT2D eigenvalue weighted by Crippen LogP contribution is 2.18. The zero-order valence-electron chi connectivity index (χ0n) is 14.5. The Morgan fingerprint density at radius 1 is 0.917 bits per heavy atom. The summed E-state index contributed by atoms with van der Waals surface area (Å²) < 4.78 is 0. The molecule has 0 aliphatic carbocycles. The SMILES string of the molecule is O=C(NCCCCCN1CCCCC1)c1cccc2ccccc12. The minimum Gasteiger partial charge on any atom is -0.352 e. The zero-order chi connectivity index (χ0) is 16.6. The van der Waals surface area contributed by atoms with Crippen LogP contribution < -0.4 is 5.32 Å². The second-order valence-corrected chi connectivity index (χ2v) is 6.75. The van der Waals surface area contributed by atoms with Crippen LogP contribution in [0.2, 0.25) is 0 Å². The number of fused-ring (bicyclic) bond motifs is 1. The maximum absolute atomic E-state index is 12.4. The molecule has 2 aromatic carbocycles. The summed E-state index contributed by atoms with van der Waals surface area (Å²) in [7, 11) is 0. The zero-order valence-corrected chi connectivity index (χ0v) is 14.5. The van der Waals surface area contributed by atoms with Gasteiger partial charge in [-0.15, -0.1) is 0 Å². The average molecular weight is 324 g/mol. The van der Waals surface area contributed by atoms with E-state index in [1.807, 2.05) is 42.5 Å². The Bertz CT molecular complexity index is 656. The molecule has 3 rings (SSSR count). The first kappa shape index (κ1) is 17.0. The Hall–Kier alpha value is -1.87. The summed E-state index contributed by atoms with van der Waals surface area (Å²) in [4.78, 5) is 15.0. The van der Waals surface area contributed by atoms with Gasteiger partial charge in [0.15, 0.2) is 0 Å². The van der Waals surface area contributed by atoms with Crippen molar-refractivity contribution in [3.63, 3.8) is 0 Å². The maximum Gasteiger partial charge on any atom is 0.251 e. The quantitative estimate of drug-likeness (QED) is 0.773. The topological polar surface area (TPSA) is 32.3 Å². The van der Waals surface area contributed by atoms with Crippen LogP contribution in [0.3, 0.4) is 0 Å². The van der Waals surface area contributed by atoms with E-state index in [9.17, 15) is 4.79 Å². The monoisotopic (exact) mass is 324 g/mol. The van der Waals surface area contributed by atoms with Crippen LogP contribution in [0, 0.1) is 0 Å². The summed E-state index contributed by atoms with van der Waals surface area (Å²) >= 11 is 0. The second-order valence-electron chi connectivity index (χ2n) is 6.75. The van der Waals surface area contributed by atoms with Crippen molar-refractivity contribution in [3.8, 4) is 0 Å². The molecule has 3 heteroatoms. The van der Waals surface area contributed by atoms with Crippen LogP contribution >= 0.6 is 0 Å². The fourth-order valence-corrected chi connectivity index (χ4v) is 3.54. The third-order valence-corrected chi connectivity index (χ3v) is 4.92. The molecule has 1 aliphatic rings. The molecular weight excluding hydrogens is 296 g/mol. The third-order valence-electron chi connectivity index (χ3n) is 4.92. The van der Waals surface area contributed by atoms with E-state index >= 15 is 0 Å². The number of benzene rings is 2. The molecule has 3 nitrogen and oxygen atoms in total. The number of unbranched alkanes of at least 4 members (excludes halogenated alkanes) is 2. The number of likely N-dealkylation sites (tertiary alicyclic amines) is 1. The highest BCUT2D eigenvalue weighted by atomic mass is 16.1. The third kappa shape index (κ3) is 4.57. The van der Waals surface area contributed by atoms with Gasteiger partial charge in [-0.2, -0.15) is 0 Å². The van der Waals surface area contributed by atoms with Crippen molar-refractivity contribution in [3.05, 3.63) is 48.0 Å². The molecule has 0 atom stereocenters. The van der Waals surface area contributed by atoms with E-state index in [-0.39, 0.29) is 5.91 Å². The normalized spacial score (nSPS) is 15.5. The number of carbonyl (C=O) groups is 1. The number of carbonyl (C=O) groups excluding carboxylic acids is 1. The van der Waals surface area contributed by atoms with Gasteiger partial charge in [0.2, 0.25) is 0 Å². The number of amides is 1. The first-order valence-corrected chi connectivity index (χ1v) is 9.33. The van der Waals surface area contributed by atoms with Crippen molar-refractivity contribution in [1.82, 2.24) is 10.2 Å². The first-order valence-electron chi connectivity index (χ1n) is 9.33. The summed E-state index contributed by atoms with van der Waals surface area (Å²) in [6.45, 7) is 4.54. The number of piperidine rings is 1. The van der Waals surface area contributed by atoms with Crippen molar-refractivity contribution in [2.24, 2.45) is 0 Å². The fourth-order valence-electron chi connectivity index (χ4n) is 3.54. The summed E-state index contributed by atoms with van der Waals surface area (Å²) in [6.07, 6.45) is 7.61. The molecule has 0 unspecified atom stereocenters. The van der Waals surface area contributed by atoms with E-state index in [0.29, 0.717) is 0 Å². The molecular formula is C21H28N2O. The molecule has 128 valence electrons. The minimum atomic E-state index is 0.0443. The van der Waals surface area contributed by atoms with E-state index in [1.54, 1.807) is 0 Å². The van der Waals surface area contributed by atoms with Crippen LogP contribution in [0.25, 0.3) is 10.8 Å². The predicted octanol–water partition coefficient (Wildman–Crippen LogP) is 4.23. The Morgan fingerprint density at radius 3 is 2.58 bits per heavy atom. The van der Waals surface area contributed by atoms with E-state index < -0.39 is 0 Å². The van der Waals surface area contributed by atoms with Gasteiger partial charge in [-0.05, 0) is 62.2 Å². The van der Waals surface area contributed by atoms with Crippen LogP contribution in [0.1, 0.15) is 48.9 Å². The van der Waals surface area contributed by atoms with Gasteiger partial charge in [0.25, 0.3) is 5.91 Å². The fraction of sp³-hybridized carbons (Fsp3) is 0.476. The molecule has 0 saturated carbocycles. The Morgan fingerprint density at radius 2 is 1.71 bits per heavy atom. The van der Waals surface area contributed by atoms with Gasteiger partial charge in [0.1, 0.15) is 0 Å². The molecule has 1 saturated heterocycles. The molecule has 1 fully saturated rings. The molecule has 1 amide bonds. The van der Waals surface area contributed by atoms with Crippen molar-refractivity contribution >= 4 is 16.7 Å². The maximum atomic E-state index is 12.4. The van der Waals surface area contributed by atoms with Gasteiger partial charge in [-0.1, -0.05) is 49.2 Å². The highest BCUT2D eigenvalue weighted by molar-refractivity contribution is 6.06. The number of nitrogens with zero attached hydrogens (tertiary/aromatic N) is 1.